The molecular weight excluding hydrogens is 358 g/mol. The lowest BCUT2D eigenvalue weighted by atomic mass is 10.2. The van der Waals surface area contributed by atoms with Crippen LogP contribution in [0.4, 0.5) is 0 Å². The lowest BCUT2D eigenvalue weighted by Gasteiger charge is -2.20. The Morgan fingerprint density at radius 1 is 1.27 bits per heavy atom. The number of nitrogens with one attached hydrogen (secondary N) is 1. The summed E-state index contributed by atoms with van der Waals surface area (Å²) in [6.07, 6.45) is 3.60. The van der Waals surface area contributed by atoms with E-state index < -0.39 is 22.1 Å². The summed E-state index contributed by atoms with van der Waals surface area (Å²) in [5.74, 6) is 0.996. The molecule has 3 heterocycles. The third kappa shape index (κ3) is 3.19. The molecule has 0 spiro atoms. The monoisotopic (exact) mass is 379 g/mol. The summed E-state index contributed by atoms with van der Waals surface area (Å²) in [7, 11) is -2.09. The topological polar surface area (TPSA) is 108 Å². The molecule has 2 unspecified atom stereocenters. The highest BCUT2D eigenvalue weighted by Crippen LogP contribution is 2.38. The standard InChI is InChI=1S/C16H21N5O4S/c1-10-17-15(7-20(10)2)26(23,24)19-13-8-25-9-14(13)21-16(22)6-5-12(18-21)11-3-4-11/h5-7,11,13-14,19H,3-4,8-9H2,1-2H3. The molecule has 2 fully saturated rings. The summed E-state index contributed by atoms with van der Waals surface area (Å²) in [6.45, 7) is 2.14. The van der Waals surface area contributed by atoms with Gasteiger partial charge in [0.05, 0.1) is 31.0 Å². The van der Waals surface area contributed by atoms with Crippen molar-refractivity contribution in [2.45, 2.75) is 42.8 Å². The zero-order valence-electron chi connectivity index (χ0n) is 14.6. The first kappa shape index (κ1) is 17.4. The van der Waals surface area contributed by atoms with E-state index in [9.17, 15) is 13.2 Å². The molecule has 1 saturated carbocycles. The lowest BCUT2D eigenvalue weighted by Crippen LogP contribution is -2.44. The molecule has 1 saturated heterocycles. The molecule has 4 rings (SSSR count). The second-order valence-corrected chi connectivity index (χ2v) is 8.55. The predicted octanol–water partition coefficient (Wildman–Crippen LogP) is 0.0810. The highest BCUT2D eigenvalue weighted by Gasteiger charge is 2.36. The number of rotatable bonds is 5. The van der Waals surface area contributed by atoms with Gasteiger partial charge in [-0.2, -0.15) is 5.10 Å². The quantitative estimate of drug-likeness (QED) is 0.788. The van der Waals surface area contributed by atoms with E-state index in [2.05, 4.69) is 14.8 Å². The van der Waals surface area contributed by atoms with Gasteiger partial charge in [-0.3, -0.25) is 4.79 Å². The number of hydrogen-bond acceptors (Lipinski definition) is 6. The fourth-order valence-electron chi connectivity index (χ4n) is 3.09. The molecule has 1 aliphatic carbocycles. The number of aromatic nitrogens is 4. The van der Waals surface area contributed by atoms with E-state index in [1.807, 2.05) is 0 Å². The van der Waals surface area contributed by atoms with Crippen LogP contribution >= 0.6 is 0 Å². The molecule has 2 aromatic heterocycles. The van der Waals surface area contributed by atoms with Crippen LogP contribution in [-0.2, 0) is 21.8 Å². The minimum Gasteiger partial charge on any atom is -0.377 e. The van der Waals surface area contributed by atoms with Crippen molar-refractivity contribution in [2.24, 2.45) is 7.05 Å². The Morgan fingerprint density at radius 3 is 2.69 bits per heavy atom. The van der Waals surface area contributed by atoms with Crippen LogP contribution in [0.1, 0.15) is 36.3 Å². The molecule has 2 atom stereocenters. The van der Waals surface area contributed by atoms with E-state index in [-0.39, 0.29) is 23.8 Å². The van der Waals surface area contributed by atoms with Crippen molar-refractivity contribution in [3.63, 3.8) is 0 Å². The average Bonchev–Trinajstić information content (AvgIpc) is 3.25. The summed E-state index contributed by atoms with van der Waals surface area (Å²) in [6, 6.07) is 2.18. The molecule has 0 amide bonds. The van der Waals surface area contributed by atoms with Crippen molar-refractivity contribution in [3.05, 3.63) is 40.2 Å². The molecule has 1 aliphatic heterocycles. The molecule has 2 aliphatic rings. The average molecular weight is 379 g/mol. The normalized spacial score (nSPS) is 23.5. The maximum atomic E-state index is 12.7. The third-order valence-electron chi connectivity index (χ3n) is 4.87. The molecule has 1 N–H and O–H groups in total. The van der Waals surface area contributed by atoms with E-state index >= 15 is 0 Å². The summed E-state index contributed by atoms with van der Waals surface area (Å²) >= 11 is 0. The zero-order chi connectivity index (χ0) is 18.5. The van der Waals surface area contributed by atoms with Crippen LogP contribution in [-0.4, -0.2) is 47.0 Å². The van der Waals surface area contributed by atoms with Gasteiger partial charge < -0.3 is 9.30 Å². The van der Waals surface area contributed by atoms with E-state index in [4.69, 9.17) is 4.74 Å². The Kier molecular flexibility index (Phi) is 4.20. The Morgan fingerprint density at radius 2 is 2.04 bits per heavy atom. The molecule has 2 aromatic rings. The Hall–Kier alpha value is -2.04. The summed E-state index contributed by atoms with van der Waals surface area (Å²) < 4.78 is 36.4. The SMILES string of the molecule is Cc1nc(S(=O)(=O)NC2COCC2n2nc(C3CC3)ccc2=O)cn1C. The number of nitrogens with zero attached hydrogens (tertiary/aromatic N) is 4. The Labute approximate surface area is 151 Å². The van der Waals surface area contributed by atoms with Gasteiger partial charge >= 0.3 is 0 Å². The van der Waals surface area contributed by atoms with Crippen LogP contribution in [0.15, 0.2) is 28.2 Å². The number of sulfonamides is 1. The fourth-order valence-corrected chi connectivity index (χ4v) is 4.38. The number of aryl methyl sites for hydroxylation is 2. The Balaban J connectivity index is 1.61. The van der Waals surface area contributed by atoms with Crippen LogP contribution < -0.4 is 10.3 Å². The van der Waals surface area contributed by atoms with Gasteiger partial charge in [-0.15, -0.1) is 0 Å². The van der Waals surface area contributed by atoms with Gasteiger partial charge in [0.15, 0.2) is 5.03 Å². The van der Waals surface area contributed by atoms with Crippen molar-refractivity contribution in [1.82, 2.24) is 24.1 Å². The van der Waals surface area contributed by atoms with Crippen LogP contribution in [0, 0.1) is 6.92 Å². The van der Waals surface area contributed by atoms with Crippen molar-refractivity contribution < 1.29 is 13.2 Å². The van der Waals surface area contributed by atoms with Gasteiger partial charge in [0.25, 0.3) is 15.6 Å². The third-order valence-corrected chi connectivity index (χ3v) is 6.23. The van der Waals surface area contributed by atoms with Gasteiger partial charge in [-0.1, -0.05) is 0 Å². The van der Waals surface area contributed by atoms with Crippen LogP contribution in [0.25, 0.3) is 0 Å². The van der Waals surface area contributed by atoms with Gasteiger partial charge in [0, 0.05) is 25.2 Å². The van der Waals surface area contributed by atoms with E-state index in [1.165, 1.54) is 16.9 Å². The maximum Gasteiger partial charge on any atom is 0.267 e. The molecule has 0 aromatic carbocycles. The van der Waals surface area contributed by atoms with Crippen LogP contribution in [0.3, 0.4) is 0 Å². The number of ether oxygens (including phenoxy) is 1. The number of hydrogen-bond donors (Lipinski definition) is 1. The lowest BCUT2D eigenvalue weighted by molar-refractivity contribution is 0.181. The Bertz CT molecular complexity index is 973. The van der Waals surface area contributed by atoms with Crippen molar-refractivity contribution in [3.8, 4) is 0 Å². The molecule has 26 heavy (non-hydrogen) atoms. The fraction of sp³-hybridized carbons (Fsp3) is 0.562. The first-order valence-electron chi connectivity index (χ1n) is 8.55. The van der Waals surface area contributed by atoms with Gasteiger partial charge in [0.2, 0.25) is 0 Å². The highest BCUT2D eigenvalue weighted by molar-refractivity contribution is 7.89. The minimum atomic E-state index is -3.82. The summed E-state index contributed by atoms with van der Waals surface area (Å²) in [4.78, 5) is 16.4. The minimum absolute atomic E-state index is 0.0461. The molecule has 0 radical (unpaired) electrons. The van der Waals surface area contributed by atoms with Crippen molar-refractivity contribution in [1.29, 1.82) is 0 Å². The molecular formula is C16H21N5O4S. The molecule has 9 nitrogen and oxygen atoms in total. The first-order valence-corrected chi connectivity index (χ1v) is 10.0. The second kappa shape index (κ2) is 6.29. The largest absolute Gasteiger partial charge is 0.377 e. The van der Waals surface area contributed by atoms with Crippen molar-refractivity contribution in [2.75, 3.05) is 13.2 Å². The molecule has 0 bridgehead atoms. The van der Waals surface area contributed by atoms with Gasteiger partial charge in [-0.05, 0) is 25.8 Å². The second-order valence-electron chi connectivity index (χ2n) is 6.89. The van der Waals surface area contributed by atoms with Crippen molar-refractivity contribution >= 4 is 10.0 Å². The smallest absolute Gasteiger partial charge is 0.267 e. The van der Waals surface area contributed by atoms with E-state index in [1.54, 1.807) is 24.6 Å². The van der Waals surface area contributed by atoms with Gasteiger partial charge in [-0.25, -0.2) is 22.8 Å². The maximum absolute atomic E-state index is 12.7. The van der Waals surface area contributed by atoms with Gasteiger partial charge in [0.1, 0.15) is 5.82 Å². The van der Waals surface area contributed by atoms with E-state index in [0.29, 0.717) is 11.7 Å². The molecule has 10 heteroatoms. The zero-order valence-corrected chi connectivity index (χ0v) is 15.4. The van der Waals surface area contributed by atoms with Crippen LogP contribution in [0.5, 0.6) is 0 Å². The predicted molar refractivity (Wildman–Crippen MR) is 92.4 cm³/mol. The molecule has 140 valence electrons. The van der Waals surface area contributed by atoms with Crippen LogP contribution in [0.2, 0.25) is 0 Å². The van der Waals surface area contributed by atoms with E-state index in [0.717, 1.165) is 18.5 Å². The summed E-state index contributed by atoms with van der Waals surface area (Å²) in [5, 5.41) is 4.41. The highest BCUT2D eigenvalue weighted by atomic mass is 32.2. The summed E-state index contributed by atoms with van der Waals surface area (Å²) in [5.41, 5.74) is 0.612. The first-order chi connectivity index (χ1) is 12.3. The number of imidazole rings is 1.